The molecule has 0 bridgehead atoms. The zero-order valence-corrected chi connectivity index (χ0v) is 27.0. The van der Waals surface area contributed by atoms with E-state index in [1.165, 1.54) is 49.5 Å². The van der Waals surface area contributed by atoms with Crippen molar-refractivity contribution < 1.29 is 31.9 Å². The average molecular weight is 655 g/mol. The number of hydrogen-bond acceptors (Lipinski definition) is 6. The van der Waals surface area contributed by atoms with E-state index in [-0.39, 0.29) is 27.9 Å². The second kappa shape index (κ2) is 13.8. The number of carbonyl (C=O) groups excluding carboxylic acids is 2. The number of amides is 2. The van der Waals surface area contributed by atoms with Crippen LogP contribution < -0.4 is 19.1 Å². The number of carbonyl (C=O) groups is 2. The van der Waals surface area contributed by atoms with Gasteiger partial charge in [-0.1, -0.05) is 29.3 Å². The number of methoxy groups -OCH3 is 2. The van der Waals surface area contributed by atoms with Crippen LogP contribution in [-0.2, 0) is 26.2 Å². The first kappa shape index (κ1) is 34.0. The molecule has 0 fully saturated rings. The lowest BCUT2D eigenvalue weighted by Crippen LogP contribution is -2.54. The summed E-state index contributed by atoms with van der Waals surface area (Å²) in [5.74, 6) is -1.28. The molecule has 1 N–H and O–H groups in total. The Kier molecular flexibility index (Phi) is 10.9. The van der Waals surface area contributed by atoms with E-state index in [1.54, 1.807) is 45.9 Å². The third kappa shape index (κ3) is 8.52. The average Bonchev–Trinajstić information content (AvgIpc) is 2.95. The third-order valence-corrected chi connectivity index (χ3v) is 8.85. The first-order valence-corrected chi connectivity index (χ1v) is 15.3. The Balaban J connectivity index is 2.09. The summed E-state index contributed by atoms with van der Waals surface area (Å²) in [5.41, 5.74) is 0.000598. The van der Waals surface area contributed by atoms with Gasteiger partial charge in [0.2, 0.25) is 11.8 Å². The molecule has 0 spiro atoms. The quantitative estimate of drug-likeness (QED) is 0.286. The van der Waals surface area contributed by atoms with Gasteiger partial charge in [-0.05, 0) is 81.8 Å². The first-order valence-electron chi connectivity index (χ1n) is 13.1. The second-order valence-electron chi connectivity index (χ2n) is 10.7. The van der Waals surface area contributed by atoms with Crippen molar-refractivity contribution in [2.24, 2.45) is 0 Å². The fourth-order valence-electron chi connectivity index (χ4n) is 4.13. The highest BCUT2D eigenvalue weighted by atomic mass is 35.5. The van der Waals surface area contributed by atoms with Gasteiger partial charge in [-0.15, -0.1) is 0 Å². The fourth-order valence-corrected chi connectivity index (χ4v) is 5.88. The standard InChI is InChI=1S/C30H34Cl2FN3O6S/c1-19(29(38)34-30(2,3)4)35(17-20-7-13-24(31)25(32)15-20)28(37)18-36(22-10-8-21(33)9-11-22)43(39,40)23-12-14-26(41-5)27(16-23)42-6/h7-16,19H,17-18H2,1-6H3,(H,34,38)/t19-/m0/s1. The van der Waals surface area contributed by atoms with Crippen LogP contribution in [0.5, 0.6) is 11.5 Å². The molecule has 0 aromatic heterocycles. The maximum Gasteiger partial charge on any atom is 0.264 e. The van der Waals surface area contributed by atoms with E-state index in [1.807, 2.05) is 0 Å². The lowest BCUT2D eigenvalue weighted by Gasteiger charge is -2.33. The van der Waals surface area contributed by atoms with Gasteiger partial charge in [0.1, 0.15) is 18.4 Å². The molecule has 0 aliphatic carbocycles. The van der Waals surface area contributed by atoms with Crippen LogP contribution in [0.25, 0.3) is 0 Å². The summed E-state index contributed by atoms with van der Waals surface area (Å²) in [5, 5.41) is 3.41. The predicted octanol–water partition coefficient (Wildman–Crippen LogP) is 5.68. The normalized spacial score (nSPS) is 12.3. The number of nitrogens with one attached hydrogen (secondary N) is 1. The van der Waals surface area contributed by atoms with E-state index in [0.717, 1.165) is 16.4 Å². The highest BCUT2D eigenvalue weighted by molar-refractivity contribution is 7.92. The van der Waals surface area contributed by atoms with Gasteiger partial charge in [-0.25, -0.2) is 12.8 Å². The van der Waals surface area contributed by atoms with Crippen LogP contribution in [0, 0.1) is 5.82 Å². The summed E-state index contributed by atoms with van der Waals surface area (Å²) < 4.78 is 53.2. The molecule has 0 aliphatic heterocycles. The van der Waals surface area contributed by atoms with Gasteiger partial charge in [-0.3, -0.25) is 13.9 Å². The van der Waals surface area contributed by atoms with Crippen LogP contribution in [0.1, 0.15) is 33.3 Å². The first-order chi connectivity index (χ1) is 20.1. The van der Waals surface area contributed by atoms with Crippen LogP contribution in [0.2, 0.25) is 10.0 Å². The molecule has 3 aromatic carbocycles. The maximum absolute atomic E-state index is 14.0. The Labute approximate surface area is 261 Å². The minimum absolute atomic E-state index is 0.0332. The Hall–Kier alpha value is -3.54. The highest BCUT2D eigenvalue weighted by Gasteiger charge is 2.34. The van der Waals surface area contributed by atoms with E-state index in [0.29, 0.717) is 16.3 Å². The number of anilines is 1. The summed E-state index contributed by atoms with van der Waals surface area (Å²) in [6.45, 7) is 6.15. The van der Waals surface area contributed by atoms with Crippen molar-refractivity contribution in [3.8, 4) is 11.5 Å². The molecule has 2 amide bonds. The van der Waals surface area contributed by atoms with E-state index in [9.17, 15) is 22.4 Å². The molecule has 0 saturated heterocycles. The molecule has 0 unspecified atom stereocenters. The van der Waals surface area contributed by atoms with Crippen molar-refractivity contribution in [3.05, 3.63) is 82.1 Å². The van der Waals surface area contributed by atoms with Gasteiger partial charge >= 0.3 is 0 Å². The number of ether oxygens (including phenoxy) is 2. The van der Waals surface area contributed by atoms with Crippen LogP contribution in [0.3, 0.4) is 0 Å². The van der Waals surface area contributed by atoms with Crippen LogP contribution >= 0.6 is 23.2 Å². The fraction of sp³-hybridized carbons (Fsp3) is 0.333. The lowest BCUT2D eigenvalue weighted by atomic mass is 10.1. The van der Waals surface area contributed by atoms with Gasteiger partial charge in [0, 0.05) is 18.2 Å². The van der Waals surface area contributed by atoms with E-state index in [4.69, 9.17) is 32.7 Å². The molecule has 43 heavy (non-hydrogen) atoms. The lowest BCUT2D eigenvalue weighted by molar-refractivity contribution is -0.140. The van der Waals surface area contributed by atoms with Crippen molar-refractivity contribution in [3.63, 3.8) is 0 Å². The van der Waals surface area contributed by atoms with Gasteiger partial charge in [0.15, 0.2) is 11.5 Å². The number of nitrogens with zero attached hydrogens (tertiary/aromatic N) is 2. The van der Waals surface area contributed by atoms with Crippen LogP contribution in [0.4, 0.5) is 10.1 Å². The van der Waals surface area contributed by atoms with Gasteiger partial charge in [-0.2, -0.15) is 0 Å². The summed E-state index contributed by atoms with van der Waals surface area (Å²) in [6, 6.07) is 12.4. The Bertz CT molecular complexity index is 1580. The molecule has 232 valence electrons. The van der Waals surface area contributed by atoms with E-state index < -0.39 is 45.8 Å². The summed E-state index contributed by atoms with van der Waals surface area (Å²) in [4.78, 5) is 28.3. The molecule has 0 aliphatic rings. The summed E-state index contributed by atoms with van der Waals surface area (Å²) >= 11 is 12.3. The molecular formula is C30H34Cl2FN3O6S. The highest BCUT2D eigenvalue weighted by Crippen LogP contribution is 2.32. The monoisotopic (exact) mass is 653 g/mol. The van der Waals surface area contributed by atoms with Crippen molar-refractivity contribution in [1.82, 2.24) is 10.2 Å². The molecule has 3 aromatic rings. The minimum atomic E-state index is -4.42. The number of hydrogen-bond donors (Lipinski definition) is 1. The zero-order chi connectivity index (χ0) is 32.1. The summed E-state index contributed by atoms with van der Waals surface area (Å²) in [6.07, 6.45) is 0. The SMILES string of the molecule is COc1ccc(S(=O)(=O)N(CC(=O)N(Cc2ccc(Cl)c(Cl)c2)[C@@H](C)C(=O)NC(C)(C)C)c2ccc(F)cc2)cc1OC. The Morgan fingerprint density at radius 2 is 1.56 bits per heavy atom. The van der Waals surface area contributed by atoms with Crippen LogP contribution in [0.15, 0.2) is 65.6 Å². The molecular weight excluding hydrogens is 620 g/mol. The van der Waals surface area contributed by atoms with E-state index in [2.05, 4.69) is 5.32 Å². The largest absolute Gasteiger partial charge is 0.493 e. The topological polar surface area (TPSA) is 105 Å². The number of benzene rings is 3. The smallest absolute Gasteiger partial charge is 0.264 e. The van der Waals surface area contributed by atoms with Crippen molar-refractivity contribution in [2.45, 2.75) is 50.7 Å². The zero-order valence-electron chi connectivity index (χ0n) is 24.7. The molecule has 0 radical (unpaired) electrons. The number of rotatable bonds is 11. The van der Waals surface area contributed by atoms with Gasteiger partial charge < -0.3 is 19.7 Å². The number of sulfonamides is 1. The molecule has 13 heteroatoms. The maximum atomic E-state index is 14.0. The third-order valence-electron chi connectivity index (χ3n) is 6.34. The van der Waals surface area contributed by atoms with Gasteiger partial charge in [0.05, 0.1) is 34.8 Å². The Morgan fingerprint density at radius 1 is 0.930 bits per heavy atom. The molecule has 1 atom stereocenters. The Morgan fingerprint density at radius 3 is 2.12 bits per heavy atom. The molecule has 0 saturated carbocycles. The molecule has 9 nitrogen and oxygen atoms in total. The van der Waals surface area contributed by atoms with E-state index >= 15 is 0 Å². The molecule has 0 heterocycles. The minimum Gasteiger partial charge on any atom is -0.493 e. The van der Waals surface area contributed by atoms with Crippen molar-refractivity contribution >= 4 is 50.7 Å². The number of halogens is 3. The van der Waals surface area contributed by atoms with Gasteiger partial charge in [0.25, 0.3) is 10.0 Å². The second-order valence-corrected chi connectivity index (χ2v) is 13.4. The molecule has 3 rings (SSSR count). The van der Waals surface area contributed by atoms with Crippen LogP contribution in [-0.4, -0.2) is 57.5 Å². The van der Waals surface area contributed by atoms with Crippen molar-refractivity contribution in [2.75, 3.05) is 25.1 Å². The predicted molar refractivity (Wildman–Crippen MR) is 165 cm³/mol. The van der Waals surface area contributed by atoms with Crippen molar-refractivity contribution in [1.29, 1.82) is 0 Å². The summed E-state index contributed by atoms with van der Waals surface area (Å²) in [7, 11) is -1.65.